The van der Waals surface area contributed by atoms with Crippen LogP contribution >= 0.6 is 45.7 Å². The molecule has 7 N–H and O–H groups in total. The number of amides is 12. The Balaban J connectivity index is 0.000000286. The highest BCUT2D eigenvalue weighted by atomic mass is 127. The minimum atomic E-state index is -4.00. The van der Waals surface area contributed by atoms with E-state index < -0.39 is 67.4 Å². The van der Waals surface area contributed by atoms with Gasteiger partial charge in [0.1, 0.15) is 51.7 Å². The Bertz CT molecular complexity index is 4860. The highest BCUT2D eigenvalue weighted by molar-refractivity contribution is 14.1. The van der Waals surface area contributed by atoms with Crippen LogP contribution in [0.2, 0.25) is 0 Å². The van der Waals surface area contributed by atoms with Gasteiger partial charge in [0, 0.05) is 110 Å². The van der Waals surface area contributed by atoms with E-state index in [-0.39, 0.29) is 105 Å². The number of carbonyl (C=O) groups excluding carboxylic acids is 11. The molecule has 0 unspecified atom stereocenters. The van der Waals surface area contributed by atoms with Crippen molar-refractivity contribution >= 4 is 126 Å². The molecule has 12 amide bonds. The second-order valence-electron chi connectivity index (χ2n) is 38.3. The van der Waals surface area contributed by atoms with E-state index in [2.05, 4.69) is 129 Å². The number of ketones is 1. The summed E-state index contributed by atoms with van der Waals surface area (Å²) in [5.41, 5.74) is 7.08. The van der Waals surface area contributed by atoms with Crippen LogP contribution in [0.15, 0.2) is 101 Å². The van der Waals surface area contributed by atoms with Gasteiger partial charge in [-0.1, -0.05) is 199 Å². The SMILES string of the molecule is C.C.C.CI.CN1C(=O)N(CC2CC2)C2(CCCCC2)C1=O.Cc1ccc(F)c(C(=O)N[C@@H](C(=O)N2CCC3(CC2)C(=O)N(C)C(=O)N3CC2CC2)C(C)C)c1.Cc1ccc(F)c(C(=O)N[C@@H](C(=O)O)C(C)C)c1.Cl.N#CC1(NCC2CC2)CCN(Cc2ccccc2)CC1.NCC1CC1.O=C1CCN(Cc2ccccc2)CC1.O=C1NC(=O)C2(CCCCC2)N1CC1CC1.O=C=NS(=O)(=O)Cl. The molecular formula is C101H150Cl2F2IN15O15S. The van der Waals surface area contributed by atoms with Crippen LogP contribution in [0.3, 0.4) is 0 Å². The van der Waals surface area contributed by atoms with Crippen molar-refractivity contribution in [3.05, 3.63) is 142 Å². The molecule has 4 aromatic carbocycles. The van der Waals surface area contributed by atoms with E-state index >= 15 is 0 Å². The molecule has 17 rings (SSSR count). The molecule has 4 aromatic rings. The van der Waals surface area contributed by atoms with E-state index in [1.807, 2.05) is 34.6 Å². The van der Waals surface area contributed by atoms with Crippen LogP contribution in [-0.4, -0.2) is 249 Å². The summed E-state index contributed by atoms with van der Waals surface area (Å²) < 4.78 is 49.0. The number of piperidine rings is 3. The first-order chi connectivity index (χ1) is 63.4. The van der Waals surface area contributed by atoms with Crippen molar-refractivity contribution in [1.29, 1.82) is 5.26 Å². The number of carboxylic acid groups (broad SMARTS) is 1. The van der Waals surface area contributed by atoms with Crippen molar-refractivity contribution in [3.8, 4) is 6.07 Å². The van der Waals surface area contributed by atoms with Crippen molar-refractivity contribution in [2.45, 2.75) is 278 Å². The van der Waals surface area contributed by atoms with Gasteiger partial charge in [-0.3, -0.25) is 63.8 Å². The van der Waals surface area contributed by atoms with Crippen LogP contribution in [0.5, 0.6) is 0 Å². The summed E-state index contributed by atoms with van der Waals surface area (Å²) in [6.45, 7) is 21.1. The molecule has 0 aromatic heterocycles. The summed E-state index contributed by atoms with van der Waals surface area (Å²) in [5, 5.41) is 29.6. The standard InChI is InChI=1S/C25H33FN4O4.C17H23N3.C13H16FNO3.C13H20N2O2.C12H18N2O2.C12H15NO.C4H9N.CClNO3S.CH3I.3CH4.ClH/c1-15(2)20(27-21(31)18-13-16(3)5-8-19(18)26)22(32)29-11-9-25(10-12-29)23(33)28(4)24(34)30(25)14-17-6-7-17;18-14-17(19-12-15-6-7-15)8-10-20(11-9-17)13-16-4-2-1-3-5-16;1-7(2)11(13(17)18)15-12(16)9-6-8(3)4-5-10(9)14;1-14-11(16)13(7-3-2-4-8-13)15(12(14)17)9-10-5-6-10;15-10-12(6-2-1-3-7-12)14(11(16)13-10)8-9-4-5-9;14-12-6-8-13(9-7-12)10-11-4-2-1-3-5-11;5-3-4-1-2-4;2-7(5,6)3-1-4;1-2;;;;/h5,8,13,15,17,20H,6-7,9-12,14H2,1-4H3,(H,27,31);1-5,15,19H,6-13H2;4-7,11H,1-3H3,(H,15,16)(H,17,18);10H,2-9H2,1H3;9H,1-8H2,(H,13,15,16);1-5H,6-10H2;4H,1-3,5H2;;1H3;3*1H4;1H/t20-;;11-;;;;;;;;;;/m1.1........../s1. The lowest BCUT2D eigenvalue weighted by Crippen LogP contribution is -2.60. The number of nitriles is 1. The van der Waals surface area contributed by atoms with E-state index in [0.29, 0.717) is 56.0 Å². The predicted molar refractivity (Wildman–Crippen MR) is 538 cm³/mol. The maximum Gasteiger partial charge on any atom is 0.350 e. The number of likely N-dealkylation sites (N-methyl/N-ethyl adjacent to an activating group) is 2. The predicted octanol–water partition coefficient (Wildman–Crippen LogP) is 16.1. The molecule has 7 saturated carbocycles. The number of alkyl halides is 1. The molecular weight excluding hydrogens is 1930 g/mol. The number of nitrogens with two attached hydrogens (primary N) is 1. The number of rotatable bonds is 23. The fourth-order valence-electron chi connectivity index (χ4n) is 18.0. The zero-order valence-electron chi connectivity index (χ0n) is 79.1. The van der Waals surface area contributed by atoms with Crippen molar-refractivity contribution in [2.75, 3.05) is 91.0 Å². The number of halogens is 5. The Morgan fingerprint density at radius 2 is 0.949 bits per heavy atom. The monoisotopic (exact) mass is 2080 g/mol. The van der Waals surface area contributed by atoms with Crippen molar-refractivity contribution < 1.29 is 79.8 Å². The van der Waals surface area contributed by atoms with Crippen LogP contribution in [0, 0.1) is 78.2 Å². The Hall–Kier alpha value is -8.92. The number of aryl methyl sites for hydroxylation is 2. The Labute approximate surface area is 835 Å². The van der Waals surface area contributed by atoms with Gasteiger partial charge in [0.15, 0.2) is 0 Å². The lowest BCUT2D eigenvalue weighted by molar-refractivity contribution is -0.142. The van der Waals surface area contributed by atoms with E-state index in [4.69, 9.17) is 15.6 Å². The molecule has 36 heteroatoms. The molecule has 6 heterocycles. The van der Waals surface area contributed by atoms with Gasteiger partial charge in [0.25, 0.3) is 35.6 Å². The Morgan fingerprint density at radius 1 is 0.562 bits per heavy atom. The van der Waals surface area contributed by atoms with Gasteiger partial charge in [0.2, 0.25) is 5.91 Å². The fraction of sp³-hybridized carbons (Fsp3) is 0.634. The minimum Gasteiger partial charge on any atom is -0.480 e. The molecule has 13 aliphatic rings. The van der Waals surface area contributed by atoms with E-state index in [9.17, 15) is 75.2 Å². The first-order valence-corrected chi connectivity index (χ1v) is 51.6. The van der Waals surface area contributed by atoms with Crippen LogP contribution < -0.4 is 27.0 Å². The third kappa shape index (κ3) is 34.2. The molecule has 760 valence electrons. The second kappa shape index (κ2) is 55.3. The summed E-state index contributed by atoms with van der Waals surface area (Å²) in [6.07, 6.45) is 27.5. The number of nitrogens with one attached hydrogen (secondary N) is 4. The zero-order valence-corrected chi connectivity index (χ0v) is 83.6. The Morgan fingerprint density at radius 3 is 1.31 bits per heavy atom. The van der Waals surface area contributed by atoms with Gasteiger partial charge in [-0.05, 0) is 224 Å². The van der Waals surface area contributed by atoms with Crippen LogP contribution in [0.25, 0.3) is 0 Å². The van der Waals surface area contributed by atoms with Crippen molar-refractivity contribution in [3.63, 3.8) is 0 Å². The summed E-state index contributed by atoms with van der Waals surface area (Å²) in [4.78, 5) is 160. The van der Waals surface area contributed by atoms with Gasteiger partial charge in [-0.15, -0.1) is 12.4 Å². The molecule has 0 bridgehead atoms. The molecule has 137 heavy (non-hydrogen) atoms. The number of hydrogen-bond donors (Lipinski definition) is 6. The number of nitrogens with zero attached hydrogens (tertiary/aromatic N) is 10. The number of Topliss-reactive ketones (excluding diaryl/α,β-unsaturated/α-hetero) is 1. The first-order valence-electron chi connectivity index (χ1n) is 47.2. The molecule has 30 nitrogen and oxygen atoms in total. The summed E-state index contributed by atoms with van der Waals surface area (Å²) in [5.74, 6) is -0.819. The summed E-state index contributed by atoms with van der Waals surface area (Å²) in [7, 11) is 3.53. The molecule has 7 aliphatic carbocycles. The lowest BCUT2D eigenvalue weighted by atomic mass is 9.80. The highest BCUT2D eigenvalue weighted by Crippen LogP contribution is 2.45. The largest absolute Gasteiger partial charge is 0.480 e. The topological polar surface area (TPSA) is 395 Å². The first kappa shape index (κ1) is 119. The number of urea groups is 3. The molecule has 13 fully saturated rings. The number of aliphatic carboxylic acids is 1. The van der Waals surface area contributed by atoms with Crippen LogP contribution in [-0.2, 0) is 55.9 Å². The van der Waals surface area contributed by atoms with Gasteiger partial charge >= 0.3 is 33.3 Å². The van der Waals surface area contributed by atoms with E-state index in [1.54, 1.807) is 56.7 Å². The van der Waals surface area contributed by atoms with Gasteiger partial charge < -0.3 is 41.1 Å². The maximum absolute atomic E-state index is 14.2. The Kier molecular flexibility index (Phi) is 47.9. The molecule has 2 atom stereocenters. The van der Waals surface area contributed by atoms with Crippen LogP contribution in [0.1, 0.15) is 260 Å². The third-order valence-electron chi connectivity index (χ3n) is 27.2. The molecule has 6 aliphatic heterocycles. The highest BCUT2D eigenvalue weighted by Gasteiger charge is 2.60. The summed E-state index contributed by atoms with van der Waals surface area (Å²) in [6, 6.07) is 29.6. The number of likely N-dealkylation sites (tertiary alicyclic amines) is 3. The lowest BCUT2D eigenvalue weighted by Gasteiger charge is -2.43. The van der Waals surface area contributed by atoms with E-state index in [0.717, 1.165) is 184 Å². The van der Waals surface area contributed by atoms with Gasteiger partial charge in [-0.2, -0.15) is 13.7 Å². The van der Waals surface area contributed by atoms with Crippen LogP contribution in [0.4, 0.5) is 23.2 Å². The number of isocyanates is 1. The smallest absolute Gasteiger partial charge is 0.350 e. The van der Waals surface area contributed by atoms with Crippen molar-refractivity contribution in [2.24, 2.45) is 51.6 Å². The van der Waals surface area contributed by atoms with Crippen molar-refractivity contribution in [1.82, 2.24) is 60.5 Å². The minimum absolute atomic E-state index is 0. The normalized spacial score (nSPS) is 20.2. The summed E-state index contributed by atoms with van der Waals surface area (Å²) >= 11 is 2.15. The zero-order chi connectivity index (χ0) is 97.1. The molecule has 6 saturated heterocycles. The second-order valence-corrected chi connectivity index (χ2v) is 40.5. The van der Waals surface area contributed by atoms with Gasteiger partial charge in [0.05, 0.1) is 17.2 Å². The quantitative estimate of drug-likeness (QED) is 0.0100. The number of imide groups is 3. The maximum atomic E-state index is 14.2. The van der Waals surface area contributed by atoms with Gasteiger partial charge in [-0.25, -0.2) is 32.8 Å². The number of hydrogen-bond acceptors (Lipinski definition) is 19. The number of carbonyl (C=O) groups is 11. The molecule has 3 spiro atoms. The number of benzene rings is 4. The van der Waals surface area contributed by atoms with E-state index in [1.165, 1.54) is 116 Å². The fourth-order valence-corrected chi connectivity index (χ4v) is 18.2. The average molecular weight is 2080 g/mol. The third-order valence-corrected chi connectivity index (χ3v) is 27.7. The average Bonchev–Trinajstić information content (AvgIpc) is 1.53. The molecule has 0 radical (unpaired) electrons. The number of carboxylic acids is 1.